The smallest absolute Gasteiger partial charge is 0.407 e. The number of nitrogens with one attached hydrogen (secondary N) is 2. The number of carbonyl (C=O) groups excluding carboxylic acids is 2. The van der Waals surface area contributed by atoms with Crippen LogP contribution in [0.3, 0.4) is 0 Å². The molecule has 5 aromatic carbocycles. The summed E-state index contributed by atoms with van der Waals surface area (Å²) in [7, 11) is 0. The summed E-state index contributed by atoms with van der Waals surface area (Å²) >= 11 is 7.46. The molecule has 2 N–H and O–H groups in total. The zero-order valence-electron chi connectivity index (χ0n) is 28.1. The number of carbonyl (C=O) groups is 2. The average Bonchev–Trinajstić information content (AvgIpc) is 3.95. The summed E-state index contributed by atoms with van der Waals surface area (Å²) in [6.45, 7) is 0.573. The monoisotopic (exact) mass is 738 g/mol. The van der Waals surface area contributed by atoms with E-state index in [0.717, 1.165) is 27.8 Å². The number of alkyl carbamates (subject to hydrolysis) is 1. The number of thiazole rings is 1. The van der Waals surface area contributed by atoms with Gasteiger partial charge in [0.25, 0.3) is 5.91 Å². The van der Waals surface area contributed by atoms with E-state index in [9.17, 15) is 9.59 Å². The number of rotatable bonds is 11. The molecule has 0 atom stereocenters. The first-order valence-corrected chi connectivity index (χ1v) is 18.1. The first kappa shape index (κ1) is 33.9. The number of amides is 2. The van der Waals surface area contributed by atoms with E-state index >= 15 is 0 Å². The van der Waals surface area contributed by atoms with Crippen molar-refractivity contribution in [2.45, 2.75) is 19.1 Å². The Morgan fingerprint density at radius 1 is 0.830 bits per heavy atom. The number of para-hydroxylation sites is 2. The highest BCUT2D eigenvalue weighted by atomic mass is 35.5. The molecule has 2 amide bonds. The molecule has 2 aromatic heterocycles. The molecule has 0 saturated carbocycles. The Hall–Kier alpha value is -6.23. The maximum absolute atomic E-state index is 13.3. The SMILES string of the molecule is O=C(NCc1cccc(-c2nc(C(=O)Nc3ccccc3OCc3ncc(-c4cccc(Cl)c4)o3)cs2)c1)OCC1c2ccccc2-c2ccccc21. The Morgan fingerprint density at radius 3 is 2.38 bits per heavy atom. The topological polar surface area (TPSA) is 116 Å². The minimum atomic E-state index is -0.488. The lowest BCUT2D eigenvalue weighted by Crippen LogP contribution is -2.25. The quantitative estimate of drug-likeness (QED) is 0.136. The van der Waals surface area contributed by atoms with Crippen molar-refractivity contribution in [1.29, 1.82) is 0 Å². The Bertz CT molecular complexity index is 2400. The van der Waals surface area contributed by atoms with Gasteiger partial charge in [0.1, 0.15) is 23.1 Å². The van der Waals surface area contributed by atoms with Crippen molar-refractivity contribution < 1.29 is 23.5 Å². The molecule has 0 saturated heterocycles. The normalized spacial score (nSPS) is 11.8. The van der Waals surface area contributed by atoms with Gasteiger partial charge in [-0.25, -0.2) is 14.8 Å². The number of ether oxygens (including phenoxy) is 2. The number of hydrogen-bond donors (Lipinski definition) is 2. The van der Waals surface area contributed by atoms with E-state index in [1.807, 2.05) is 66.7 Å². The third-order valence-electron chi connectivity index (χ3n) is 8.84. The first-order valence-electron chi connectivity index (χ1n) is 16.9. The number of nitrogens with zero attached hydrogens (tertiary/aromatic N) is 2. The van der Waals surface area contributed by atoms with Gasteiger partial charge >= 0.3 is 6.09 Å². The predicted octanol–water partition coefficient (Wildman–Crippen LogP) is 9.99. The third-order valence-corrected chi connectivity index (χ3v) is 9.97. The van der Waals surface area contributed by atoms with Crippen LogP contribution in [0.2, 0.25) is 5.02 Å². The van der Waals surface area contributed by atoms with Gasteiger partial charge in [0.15, 0.2) is 12.4 Å². The standard InChI is InChI=1S/C42H31ClN4O5S/c43-29-12-8-10-27(20-29)38-22-44-39(52-38)24-50-37-18-6-5-17-35(37)46-40(48)36-25-53-41(47-36)28-11-7-9-26(19-28)21-45-42(49)51-23-34-32-15-3-1-13-30(32)31-14-2-4-16-33(31)34/h1-20,22,25,34H,21,23-24H2,(H,45,49)(H,46,48). The van der Waals surface area contributed by atoms with E-state index in [2.05, 4.69) is 44.9 Å². The maximum atomic E-state index is 13.3. The van der Waals surface area contributed by atoms with Crippen molar-refractivity contribution >= 4 is 40.6 Å². The number of anilines is 1. The molecule has 2 heterocycles. The minimum Gasteiger partial charge on any atom is -0.482 e. The zero-order chi connectivity index (χ0) is 36.1. The number of halogens is 1. The van der Waals surface area contributed by atoms with E-state index in [-0.39, 0.29) is 37.3 Å². The van der Waals surface area contributed by atoms with Crippen molar-refractivity contribution in [3.05, 3.63) is 166 Å². The molecule has 0 unspecified atom stereocenters. The van der Waals surface area contributed by atoms with Gasteiger partial charge in [-0.05, 0) is 58.1 Å². The van der Waals surface area contributed by atoms with Crippen LogP contribution in [-0.2, 0) is 17.9 Å². The highest BCUT2D eigenvalue weighted by Gasteiger charge is 2.29. The highest BCUT2D eigenvalue weighted by Crippen LogP contribution is 2.44. The fourth-order valence-electron chi connectivity index (χ4n) is 6.32. The summed E-state index contributed by atoms with van der Waals surface area (Å²) in [5.41, 5.74) is 7.94. The van der Waals surface area contributed by atoms with Gasteiger partial charge in [0.2, 0.25) is 5.89 Å². The van der Waals surface area contributed by atoms with Gasteiger partial charge in [0, 0.05) is 34.0 Å². The number of benzene rings is 5. The van der Waals surface area contributed by atoms with Gasteiger partial charge in [-0.15, -0.1) is 11.3 Å². The number of hydrogen-bond acceptors (Lipinski definition) is 8. The molecule has 1 aliphatic carbocycles. The lowest BCUT2D eigenvalue weighted by molar-refractivity contribution is 0.102. The highest BCUT2D eigenvalue weighted by molar-refractivity contribution is 7.13. The minimum absolute atomic E-state index is 0.0117. The van der Waals surface area contributed by atoms with Crippen molar-refractivity contribution in [3.8, 4) is 38.8 Å². The van der Waals surface area contributed by atoms with Crippen LogP contribution in [0, 0.1) is 0 Å². The zero-order valence-corrected chi connectivity index (χ0v) is 29.7. The largest absolute Gasteiger partial charge is 0.482 e. The van der Waals surface area contributed by atoms with E-state index in [1.165, 1.54) is 22.5 Å². The molecule has 1 aliphatic rings. The summed E-state index contributed by atoms with van der Waals surface area (Å²) in [4.78, 5) is 35.0. The second kappa shape index (κ2) is 15.2. The Kier molecular flexibility index (Phi) is 9.70. The van der Waals surface area contributed by atoms with Crippen LogP contribution in [0.15, 0.2) is 137 Å². The molecule has 9 nitrogen and oxygen atoms in total. The molecule has 0 spiro atoms. The summed E-state index contributed by atoms with van der Waals surface area (Å²) in [5.74, 6) is 1.01. The Morgan fingerprint density at radius 2 is 1.57 bits per heavy atom. The predicted molar refractivity (Wildman–Crippen MR) is 205 cm³/mol. The van der Waals surface area contributed by atoms with Crippen LogP contribution in [0.5, 0.6) is 5.75 Å². The van der Waals surface area contributed by atoms with E-state index < -0.39 is 6.09 Å². The second-order valence-corrected chi connectivity index (χ2v) is 13.6. The first-order chi connectivity index (χ1) is 26.0. The van der Waals surface area contributed by atoms with E-state index in [4.69, 9.17) is 25.5 Å². The molecule has 7 aromatic rings. The third kappa shape index (κ3) is 7.55. The lowest BCUT2D eigenvalue weighted by atomic mass is 9.98. The van der Waals surface area contributed by atoms with E-state index in [0.29, 0.717) is 33.1 Å². The summed E-state index contributed by atoms with van der Waals surface area (Å²) in [6, 6.07) is 38.6. The van der Waals surface area contributed by atoms with Crippen LogP contribution in [-0.4, -0.2) is 28.6 Å². The molecular weight excluding hydrogens is 708 g/mol. The molecule has 262 valence electrons. The van der Waals surface area contributed by atoms with Crippen LogP contribution >= 0.6 is 22.9 Å². The average molecular weight is 739 g/mol. The van der Waals surface area contributed by atoms with Crippen LogP contribution in [0.1, 0.15) is 39.0 Å². The number of aromatic nitrogens is 2. The van der Waals surface area contributed by atoms with Crippen molar-refractivity contribution in [2.24, 2.45) is 0 Å². The van der Waals surface area contributed by atoms with Gasteiger partial charge < -0.3 is 24.5 Å². The van der Waals surface area contributed by atoms with Crippen molar-refractivity contribution in [3.63, 3.8) is 0 Å². The van der Waals surface area contributed by atoms with Crippen molar-refractivity contribution in [2.75, 3.05) is 11.9 Å². The van der Waals surface area contributed by atoms with Crippen LogP contribution in [0.4, 0.5) is 10.5 Å². The van der Waals surface area contributed by atoms with Gasteiger partial charge in [-0.2, -0.15) is 0 Å². The van der Waals surface area contributed by atoms with Gasteiger partial charge in [-0.1, -0.05) is 103 Å². The molecule has 53 heavy (non-hydrogen) atoms. The molecular formula is C42H31ClN4O5S. The fourth-order valence-corrected chi connectivity index (χ4v) is 7.31. The Balaban J connectivity index is 0.860. The molecule has 0 radical (unpaired) electrons. The van der Waals surface area contributed by atoms with E-state index in [1.54, 1.807) is 41.9 Å². The summed E-state index contributed by atoms with van der Waals surface area (Å²) < 4.78 is 17.5. The maximum Gasteiger partial charge on any atom is 0.407 e. The fraction of sp³-hybridized carbons (Fsp3) is 0.0952. The molecule has 0 bridgehead atoms. The molecule has 11 heteroatoms. The van der Waals surface area contributed by atoms with Crippen molar-refractivity contribution in [1.82, 2.24) is 15.3 Å². The molecule has 0 aliphatic heterocycles. The number of oxazole rings is 1. The second-order valence-electron chi connectivity index (χ2n) is 12.3. The Labute approximate surface area is 314 Å². The molecule has 8 rings (SSSR count). The van der Waals surface area contributed by atoms with Crippen LogP contribution < -0.4 is 15.4 Å². The van der Waals surface area contributed by atoms with Crippen LogP contribution in [0.25, 0.3) is 33.0 Å². The summed E-state index contributed by atoms with van der Waals surface area (Å²) in [5, 5.41) is 8.75. The van der Waals surface area contributed by atoms with Gasteiger partial charge in [0.05, 0.1) is 11.9 Å². The summed E-state index contributed by atoms with van der Waals surface area (Å²) in [6.07, 6.45) is 1.13. The van der Waals surface area contributed by atoms with Gasteiger partial charge in [-0.3, -0.25) is 4.79 Å². The molecule has 0 fully saturated rings. The lowest BCUT2D eigenvalue weighted by Gasteiger charge is -2.14. The number of fused-ring (bicyclic) bond motifs is 3.